The predicted octanol–water partition coefficient (Wildman–Crippen LogP) is 6.01. The molecule has 2 aromatic carbocycles. The lowest BCUT2D eigenvalue weighted by Gasteiger charge is -2.28. The standard InChI is InChI=1S/C21H27N/c1-2-5-16-8-10-17(11-9-16)18-12-14-19(15-13-18)20-6-3-4-7-21(20)22/h3-4,6-7,12-17H,2,5,8-11,22H2,1H3. The maximum atomic E-state index is 6.08. The van der Waals surface area contributed by atoms with Gasteiger partial charge in [-0.1, -0.05) is 62.2 Å². The van der Waals surface area contributed by atoms with Crippen molar-refractivity contribution in [1.29, 1.82) is 0 Å². The van der Waals surface area contributed by atoms with Crippen LogP contribution in [0.4, 0.5) is 5.69 Å². The summed E-state index contributed by atoms with van der Waals surface area (Å²) in [5.41, 5.74) is 10.8. The highest BCUT2D eigenvalue weighted by molar-refractivity contribution is 5.76. The second-order valence-electron chi connectivity index (χ2n) is 6.72. The molecule has 1 aliphatic rings. The molecule has 0 amide bonds. The van der Waals surface area contributed by atoms with Gasteiger partial charge in [0, 0.05) is 11.3 Å². The smallest absolute Gasteiger partial charge is 0.0393 e. The first-order chi connectivity index (χ1) is 10.8. The van der Waals surface area contributed by atoms with Crippen molar-refractivity contribution in [2.45, 2.75) is 51.4 Å². The second-order valence-corrected chi connectivity index (χ2v) is 6.72. The Morgan fingerprint density at radius 1 is 0.909 bits per heavy atom. The fourth-order valence-corrected chi connectivity index (χ4v) is 3.89. The molecule has 0 saturated heterocycles. The van der Waals surface area contributed by atoms with Crippen molar-refractivity contribution in [3.8, 4) is 11.1 Å². The number of para-hydroxylation sites is 1. The number of nitrogen functional groups attached to an aromatic ring is 1. The van der Waals surface area contributed by atoms with Crippen LogP contribution in [0.1, 0.15) is 56.9 Å². The molecule has 0 aromatic heterocycles. The molecular formula is C21H27N. The summed E-state index contributed by atoms with van der Waals surface area (Å²) < 4.78 is 0. The van der Waals surface area contributed by atoms with E-state index in [2.05, 4.69) is 43.3 Å². The van der Waals surface area contributed by atoms with Crippen LogP contribution >= 0.6 is 0 Å². The molecule has 1 nitrogen and oxygen atoms in total. The van der Waals surface area contributed by atoms with Crippen LogP contribution in [0.2, 0.25) is 0 Å². The van der Waals surface area contributed by atoms with Gasteiger partial charge in [-0.05, 0) is 54.7 Å². The van der Waals surface area contributed by atoms with E-state index in [-0.39, 0.29) is 0 Å². The summed E-state index contributed by atoms with van der Waals surface area (Å²) in [6.45, 7) is 2.31. The maximum absolute atomic E-state index is 6.08. The van der Waals surface area contributed by atoms with Crippen LogP contribution in [0.25, 0.3) is 11.1 Å². The molecule has 0 aliphatic heterocycles. The van der Waals surface area contributed by atoms with Crippen molar-refractivity contribution in [3.05, 3.63) is 54.1 Å². The summed E-state index contributed by atoms with van der Waals surface area (Å²) >= 11 is 0. The largest absolute Gasteiger partial charge is 0.398 e. The van der Waals surface area contributed by atoms with E-state index < -0.39 is 0 Å². The maximum Gasteiger partial charge on any atom is 0.0393 e. The number of hydrogen-bond acceptors (Lipinski definition) is 1. The van der Waals surface area contributed by atoms with E-state index in [1.165, 1.54) is 49.7 Å². The van der Waals surface area contributed by atoms with Crippen LogP contribution in [-0.2, 0) is 0 Å². The van der Waals surface area contributed by atoms with E-state index >= 15 is 0 Å². The second kappa shape index (κ2) is 7.00. The molecule has 0 atom stereocenters. The van der Waals surface area contributed by atoms with E-state index in [0.29, 0.717) is 0 Å². The molecule has 1 aliphatic carbocycles. The summed E-state index contributed by atoms with van der Waals surface area (Å²) in [5.74, 6) is 1.74. The van der Waals surface area contributed by atoms with E-state index in [4.69, 9.17) is 5.73 Å². The number of anilines is 1. The van der Waals surface area contributed by atoms with Crippen molar-refractivity contribution in [3.63, 3.8) is 0 Å². The SMILES string of the molecule is CCCC1CCC(c2ccc(-c3ccccc3N)cc2)CC1. The molecule has 1 fully saturated rings. The summed E-state index contributed by atoms with van der Waals surface area (Å²) in [7, 11) is 0. The molecule has 0 bridgehead atoms. The van der Waals surface area contributed by atoms with Gasteiger partial charge < -0.3 is 5.73 Å². The minimum atomic E-state index is 0.760. The quantitative estimate of drug-likeness (QED) is 0.686. The van der Waals surface area contributed by atoms with Gasteiger partial charge >= 0.3 is 0 Å². The van der Waals surface area contributed by atoms with Crippen LogP contribution in [0.5, 0.6) is 0 Å². The first-order valence-electron chi connectivity index (χ1n) is 8.72. The average molecular weight is 293 g/mol. The Labute approximate surface area is 134 Å². The summed E-state index contributed by atoms with van der Waals surface area (Å²) in [5, 5.41) is 0. The first-order valence-corrected chi connectivity index (χ1v) is 8.72. The van der Waals surface area contributed by atoms with E-state index in [1.807, 2.05) is 12.1 Å². The fraction of sp³-hybridized carbons (Fsp3) is 0.429. The van der Waals surface area contributed by atoms with E-state index in [0.717, 1.165) is 23.1 Å². The molecule has 22 heavy (non-hydrogen) atoms. The molecule has 0 radical (unpaired) electrons. The Morgan fingerprint density at radius 3 is 2.23 bits per heavy atom. The molecule has 1 heteroatoms. The number of nitrogens with two attached hydrogens (primary N) is 1. The summed E-state index contributed by atoms with van der Waals surface area (Å²) in [6.07, 6.45) is 8.29. The van der Waals surface area contributed by atoms with E-state index in [1.54, 1.807) is 0 Å². The lowest BCUT2D eigenvalue weighted by Crippen LogP contribution is -2.13. The highest BCUT2D eigenvalue weighted by Crippen LogP contribution is 2.38. The molecule has 116 valence electrons. The molecule has 2 aromatic rings. The topological polar surface area (TPSA) is 26.0 Å². The Balaban J connectivity index is 1.69. The van der Waals surface area contributed by atoms with Crippen LogP contribution in [-0.4, -0.2) is 0 Å². The number of benzene rings is 2. The van der Waals surface area contributed by atoms with Crippen LogP contribution in [0.15, 0.2) is 48.5 Å². The minimum absolute atomic E-state index is 0.760. The van der Waals surface area contributed by atoms with Crippen molar-refractivity contribution in [1.82, 2.24) is 0 Å². The van der Waals surface area contributed by atoms with Gasteiger partial charge in [-0.2, -0.15) is 0 Å². The van der Waals surface area contributed by atoms with Gasteiger partial charge in [0.05, 0.1) is 0 Å². The molecule has 0 unspecified atom stereocenters. The zero-order valence-corrected chi connectivity index (χ0v) is 13.6. The highest BCUT2D eigenvalue weighted by atomic mass is 14.6. The van der Waals surface area contributed by atoms with Gasteiger partial charge in [0.15, 0.2) is 0 Å². The summed E-state index contributed by atoms with van der Waals surface area (Å²) in [6, 6.07) is 17.2. The van der Waals surface area contributed by atoms with Gasteiger partial charge in [-0.3, -0.25) is 0 Å². The molecule has 1 saturated carbocycles. The predicted molar refractivity (Wildman–Crippen MR) is 95.9 cm³/mol. The third-order valence-corrected chi connectivity index (χ3v) is 5.20. The van der Waals surface area contributed by atoms with Crippen LogP contribution in [0.3, 0.4) is 0 Å². The van der Waals surface area contributed by atoms with E-state index in [9.17, 15) is 0 Å². The lowest BCUT2D eigenvalue weighted by atomic mass is 9.77. The summed E-state index contributed by atoms with van der Waals surface area (Å²) in [4.78, 5) is 0. The molecule has 0 spiro atoms. The van der Waals surface area contributed by atoms with Crippen molar-refractivity contribution < 1.29 is 0 Å². The average Bonchev–Trinajstić information content (AvgIpc) is 2.57. The Morgan fingerprint density at radius 2 is 1.59 bits per heavy atom. The monoisotopic (exact) mass is 293 g/mol. The third-order valence-electron chi connectivity index (χ3n) is 5.20. The van der Waals surface area contributed by atoms with Gasteiger partial charge in [-0.25, -0.2) is 0 Å². The Bertz CT molecular complexity index is 592. The normalized spacial score (nSPS) is 21.7. The molecule has 3 rings (SSSR count). The van der Waals surface area contributed by atoms with Crippen molar-refractivity contribution in [2.75, 3.05) is 5.73 Å². The Kier molecular flexibility index (Phi) is 4.82. The zero-order chi connectivity index (χ0) is 15.4. The van der Waals surface area contributed by atoms with Crippen LogP contribution in [0, 0.1) is 5.92 Å². The number of hydrogen-bond donors (Lipinski definition) is 1. The van der Waals surface area contributed by atoms with Gasteiger partial charge in [-0.15, -0.1) is 0 Å². The van der Waals surface area contributed by atoms with Gasteiger partial charge in [0.25, 0.3) is 0 Å². The molecule has 2 N–H and O–H groups in total. The van der Waals surface area contributed by atoms with Crippen molar-refractivity contribution in [2.24, 2.45) is 5.92 Å². The molecule has 0 heterocycles. The highest BCUT2D eigenvalue weighted by Gasteiger charge is 2.21. The minimum Gasteiger partial charge on any atom is -0.398 e. The van der Waals surface area contributed by atoms with Crippen molar-refractivity contribution >= 4 is 5.69 Å². The van der Waals surface area contributed by atoms with Crippen LogP contribution < -0.4 is 5.73 Å². The number of rotatable bonds is 4. The van der Waals surface area contributed by atoms with Gasteiger partial charge in [0.1, 0.15) is 0 Å². The third kappa shape index (κ3) is 3.35. The zero-order valence-electron chi connectivity index (χ0n) is 13.6. The Hall–Kier alpha value is -1.76. The van der Waals surface area contributed by atoms with Gasteiger partial charge in [0.2, 0.25) is 0 Å². The first kappa shape index (κ1) is 15.1. The molecular weight excluding hydrogens is 266 g/mol. The lowest BCUT2D eigenvalue weighted by molar-refractivity contribution is 0.308. The fourth-order valence-electron chi connectivity index (χ4n) is 3.89.